The third-order valence-corrected chi connectivity index (χ3v) is 5.20. The van der Waals surface area contributed by atoms with Gasteiger partial charge in [-0.2, -0.15) is 5.10 Å². The van der Waals surface area contributed by atoms with Gasteiger partial charge in [0, 0.05) is 13.2 Å². The van der Waals surface area contributed by atoms with Gasteiger partial charge in [0.2, 0.25) is 10.0 Å². The van der Waals surface area contributed by atoms with Gasteiger partial charge < -0.3 is 14.9 Å². The molecule has 2 rings (SSSR count). The lowest BCUT2D eigenvalue weighted by atomic mass is 9.93. The summed E-state index contributed by atoms with van der Waals surface area (Å²) in [5.74, 6) is -1.44. The number of H-pyrrole nitrogens is 1. The van der Waals surface area contributed by atoms with Crippen molar-refractivity contribution in [3.63, 3.8) is 0 Å². The summed E-state index contributed by atoms with van der Waals surface area (Å²) in [7, 11) is -4.13. The van der Waals surface area contributed by atoms with Crippen LogP contribution in [-0.4, -0.2) is 60.2 Å². The van der Waals surface area contributed by atoms with Gasteiger partial charge in [0.25, 0.3) is 0 Å². The molecule has 0 aromatic carbocycles. The predicted octanol–water partition coefficient (Wildman–Crippen LogP) is -0.764. The number of sulfonamides is 1. The maximum absolute atomic E-state index is 12.5. The number of carbonyl (C=O) groups is 1. The summed E-state index contributed by atoms with van der Waals surface area (Å²) in [6, 6.07) is 0. The van der Waals surface area contributed by atoms with E-state index in [-0.39, 0.29) is 5.69 Å². The quantitative estimate of drug-likeness (QED) is 0.558. The van der Waals surface area contributed by atoms with Crippen molar-refractivity contribution >= 4 is 16.0 Å². The third-order valence-electron chi connectivity index (χ3n) is 3.47. The second-order valence-corrected chi connectivity index (χ2v) is 6.61. The Morgan fingerprint density at radius 1 is 1.48 bits per heavy atom. The van der Waals surface area contributed by atoms with Crippen LogP contribution < -0.4 is 4.72 Å². The summed E-state index contributed by atoms with van der Waals surface area (Å²) >= 11 is 0. The monoisotopic (exact) mass is 319 g/mol. The molecule has 0 unspecified atom stereocenters. The average molecular weight is 319 g/mol. The zero-order valence-corrected chi connectivity index (χ0v) is 12.2. The molecule has 1 aromatic rings. The average Bonchev–Trinajstić information content (AvgIpc) is 2.82. The van der Waals surface area contributed by atoms with Gasteiger partial charge in [0.1, 0.15) is 4.90 Å². The van der Waals surface area contributed by atoms with Gasteiger partial charge in [-0.3, -0.25) is 5.10 Å². The molecular formula is C11H17N3O6S. The van der Waals surface area contributed by atoms with Gasteiger partial charge in [-0.15, -0.1) is 0 Å². The highest BCUT2D eigenvalue weighted by atomic mass is 32.2. The van der Waals surface area contributed by atoms with Crippen LogP contribution in [0.5, 0.6) is 0 Å². The first-order valence-electron chi connectivity index (χ1n) is 6.32. The van der Waals surface area contributed by atoms with Gasteiger partial charge >= 0.3 is 5.97 Å². The van der Waals surface area contributed by atoms with Crippen molar-refractivity contribution in [3.05, 3.63) is 11.4 Å². The highest BCUT2D eigenvalue weighted by molar-refractivity contribution is 7.89. The number of hydrogen-bond acceptors (Lipinski definition) is 6. The molecule has 1 aliphatic rings. The van der Waals surface area contributed by atoms with Crippen LogP contribution in [0.15, 0.2) is 4.90 Å². The van der Waals surface area contributed by atoms with E-state index in [0.717, 1.165) is 0 Å². The fourth-order valence-corrected chi connectivity index (χ4v) is 4.06. The summed E-state index contributed by atoms with van der Waals surface area (Å²) in [4.78, 5) is 10.7. The Kier molecular flexibility index (Phi) is 4.33. The largest absolute Gasteiger partial charge is 0.476 e. The lowest BCUT2D eigenvalue weighted by molar-refractivity contribution is 0.0222. The second kappa shape index (κ2) is 5.72. The van der Waals surface area contributed by atoms with E-state index in [1.165, 1.54) is 6.92 Å². The minimum atomic E-state index is -4.13. The molecular weight excluding hydrogens is 302 g/mol. The summed E-state index contributed by atoms with van der Waals surface area (Å²) in [5, 5.41) is 24.4. The summed E-state index contributed by atoms with van der Waals surface area (Å²) in [6.07, 6.45) is 0.615. The number of nitrogens with one attached hydrogen (secondary N) is 2. The number of hydrogen-bond donors (Lipinski definition) is 4. The summed E-state index contributed by atoms with van der Waals surface area (Å²) in [5.41, 5.74) is -1.49. The van der Waals surface area contributed by atoms with E-state index in [1.54, 1.807) is 0 Å². The first kappa shape index (κ1) is 15.9. The number of carboxylic acids is 1. The molecule has 9 nitrogen and oxygen atoms in total. The Morgan fingerprint density at radius 3 is 2.62 bits per heavy atom. The van der Waals surface area contributed by atoms with Crippen molar-refractivity contribution in [1.29, 1.82) is 0 Å². The SMILES string of the molecule is Cc1[nH]nc(C(=O)O)c1S(=O)(=O)NC1(CO)CCOCC1. The van der Waals surface area contributed by atoms with Crippen molar-refractivity contribution in [2.24, 2.45) is 0 Å². The second-order valence-electron chi connectivity index (χ2n) is 4.99. The number of aromatic nitrogens is 2. The number of rotatable bonds is 5. The Labute approximate surface area is 121 Å². The first-order valence-corrected chi connectivity index (χ1v) is 7.80. The zero-order valence-electron chi connectivity index (χ0n) is 11.4. The number of aliphatic hydroxyl groups is 1. The topological polar surface area (TPSA) is 142 Å². The number of ether oxygens (including phenoxy) is 1. The van der Waals surface area contributed by atoms with Crippen LogP contribution in [0.4, 0.5) is 0 Å². The maximum Gasteiger partial charge on any atom is 0.357 e. The molecule has 1 aliphatic heterocycles. The van der Waals surface area contributed by atoms with E-state index in [9.17, 15) is 18.3 Å². The van der Waals surface area contributed by atoms with Crippen LogP contribution in [0.25, 0.3) is 0 Å². The van der Waals surface area contributed by atoms with Gasteiger partial charge in [-0.25, -0.2) is 17.9 Å². The highest BCUT2D eigenvalue weighted by Crippen LogP contribution is 2.25. The van der Waals surface area contributed by atoms with Crippen LogP contribution in [0.3, 0.4) is 0 Å². The molecule has 0 spiro atoms. The Hall–Kier alpha value is -1.49. The number of aromatic carboxylic acids is 1. The number of aromatic amines is 1. The van der Waals surface area contributed by atoms with Crippen molar-refractivity contribution in [2.45, 2.75) is 30.2 Å². The van der Waals surface area contributed by atoms with Crippen LogP contribution >= 0.6 is 0 Å². The van der Waals surface area contributed by atoms with Crippen molar-refractivity contribution in [1.82, 2.24) is 14.9 Å². The fraction of sp³-hybridized carbons (Fsp3) is 0.636. The number of carboxylic acid groups (broad SMARTS) is 1. The molecule has 0 aliphatic carbocycles. The van der Waals surface area contributed by atoms with Gasteiger partial charge in [-0.05, 0) is 19.8 Å². The summed E-state index contributed by atoms with van der Waals surface area (Å²) < 4.78 is 32.5. The van der Waals surface area contributed by atoms with E-state index in [4.69, 9.17) is 9.84 Å². The molecule has 0 radical (unpaired) electrons. The molecule has 0 saturated carbocycles. The number of aryl methyl sites for hydroxylation is 1. The third kappa shape index (κ3) is 3.07. The standard InChI is InChI=1S/C11H17N3O6S/c1-7-9(8(10(16)17)13-12-7)21(18,19)14-11(6-15)2-4-20-5-3-11/h14-15H,2-6H2,1H3,(H,12,13)(H,16,17). The molecule has 118 valence electrons. The first-order chi connectivity index (χ1) is 9.81. The smallest absolute Gasteiger partial charge is 0.357 e. The Bertz CT molecular complexity index is 632. The minimum absolute atomic E-state index is 0.125. The molecule has 21 heavy (non-hydrogen) atoms. The predicted molar refractivity (Wildman–Crippen MR) is 70.5 cm³/mol. The summed E-state index contributed by atoms with van der Waals surface area (Å²) in [6.45, 7) is 1.66. The number of nitrogens with zero attached hydrogens (tertiary/aromatic N) is 1. The van der Waals surface area contributed by atoms with Gasteiger partial charge in [0.15, 0.2) is 5.69 Å². The molecule has 1 aromatic heterocycles. The van der Waals surface area contributed by atoms with Crippen LogP contribution in [0.2, 0.25) is 0 Å². The van der Waals surface area contributed by atoms with E-state index in [0.29, 0.717) is 26.1 Å². The van der Waals surface area contributed by atoms with E-state index < -0.39 is 38.7 Å². The van der Waals surface area contributed by atoms with E-state index in [1.807, 2.05) is 0 Å². The molecule has 0 bridgehead atoms. The molecule has 0 atom stereocenters. The van der Waals surface area contributed by atoms with Crippen molar-refractivity contribution in [2.75, 3.05) is 19.8 Å². The van der Waals surface area contributed by atoms with Crippen LogP contribution in [-0.2, 0) is 14.8 Å². The van der Waals surface area contributed by atoms with Crippen LogP contribution in [0.1, 0.15) is 29.0 Å². The van der Waals surface area contributed by atoms with E-state index in [2.05, 4.69) is 14.9 Å². The lowest BCUT2D eigenvalue weighted by Gasteiger charge is -2.35. The zero-order chi connectivity index (χ0) is 15.7. The molecule has 2 heterocycles. The van der Waals surface area contributed by atoms with Gasteiger partial charge in [-0.1, -0.05) is 0 Å². The highest BCUT2D eigenvalue weighted by Gasteiger charge is 2.39. The van der Waals surface area contributed by atoms with Crippen molar-refractivity contribution in [3.8, 4) is 0 Å². The van der Waals surface area contributed by atoms with Gasteiger partial charge in [0.05, 0.1) is 17.8 Å². The fourth-order valence-electron chi connectivity index (χ4n) is 2.28. The lowest BCUT2D eigenvalue weighted by Crippen LogP contribution is -2.54. The normalized spacial score (nSPS) is 18.6. The van der Waals surface area contributed by atoms with Crippen LogP contribution in [0, 0.1) is 6.92 Å². The molecule has 10 heteroatoms. The molecule has 1 fully saturated rings. The number of aliphatic hydroxyl groups excluding tert-OH is 1. The van der Waals surface area contributed by atoms with Crippen molar-refractivity contribution < 1.29 is 28.2 Å². The molecule has 4 N–H and O–H groups in total. The minimum Gasteiger partial charge on any atom is -0.476 e. The Morgan fingerprint density at radius 2 is 2.10 bits per heavy atom. The Balaban J connectivity index is 2.38. The maximum atomic E-state index is 12.5. The molecule has 0 amide bonds. The molecule has 1 saturated heterocycles. The van der Waals surface area contributed by atoms with E-state index >= 15 is 0 Å².